The number of nitrogens with one attached hydrogen (secondary N) is 1. The molecule has 1 aliphatic heterocycles. The van der Waals surface area contributed by atoms with Crippen LogP contribution in [0.15, 0.2) is 24.3 Å². The van der Waals surface area contributed by atoms with Crippen molar-refractivity contribution in [2.75, 3.05) is 13.2 Å². The van der Waals surface area contributed by atoms with E-state index in [-0.39, 0.29) is 12.0 Å². The molecule has 1 atom stereocenters. The van der Waals surface area contributed by atoms with Gasteiger partial charge in [0.2, 0.25) is 5.91 Å². The van der Waals surface area contributed by atoms with Gasteiger partial charge >= 0.3 is 0 Å². The molecule has 1 heterocycles. The van der Waals surface area contributed by atoms with E-state index in [1.165, 1.54) is 12.8 Å². The van der Waals surface area contributed by atoms with E-state index < -0.39 is 0 Å². The van der Waals surface area contributed by atoms with E-state index in [9.17, 15) is 4.79 Å². The highest BCUT2D eigenvalue weighted by atomic mass is 16.5. The molecule has 2 aliphatic rings. The Morgan fingerprint density at radius 3 is 2.91 bits per heavy atom. The number of amides is 1. The second kappa shape index (κ2) is 7.63. The highest BCUT2D eigenvalue weighted by Crippen LogP contribution is 2.30. The first-order valence-electron chi connectivity index (χ1n) is 8.40. The van der Waals surface area contributed by atoms with Gasteiger partial charge in [0.25, 0.3) is 0 Å². The van der Waals surface area contributed by atoms with Crippen LogP contribution >= 0.6 is 0 Å². The average Bonchev–Trinajstić information content (AvgIpc) is 3.23. The van der Waals surface area contributed by atoms with Crippen LogP contribution in [0, 0.1) is 5.92 Å². The maximum absolute atomic E-state index is 12.0. The van der Waals surface area contributed by atoms with Gasteiger partial charge in [-0.25, -0.2) is 0 Å². The first-order chi connectivity index (χ1) is 10.8. The third kappa shape index (κ3) is 4.73. The number of carbonyl (C=O) groups excluding carboxylic acids is 1. The van der Waals surface area contributed by atoms with Crippen LogP contribution in [-0.4, -0.2) is 25.2 Å². The summed E-state index contributed by atoms with van der Waals surface area (Å²) in [5.41, 5.74) is 1.05. The summed E-state index contributed by atoms with van der Waals surface area (Å²) in [6.07, 6.45) is 6.41. The molecule has 1 aromatic rings. The summed E-state index contributed by atoms with van der Waals surface area (Å²) in [6.45, 7) is 2.17. The van der Waals surface area contributed by atoms with E-state index in [0.717, 1.165) is 49.7 Å². The zero-order valence-corrected chi connectivity index (χ0v) is 13.1. The number of hydrogen-bond acceptors (Lipinski definition) is 3. The van der Waals surface area contributed by atoms with Crippen molar-refractivity contribution in [3.63, 3.8) is 0 Å². The fourth-order valence-corrected chi connectivity index (χ4v) is 2.73. The summed E-state index contributed by atoms with van der Waals surface area (Å²) in [7, 11) is 0. The molecular formula is C18H25NO3. The predicted octanol–water partition coefficient (Wildman–Crippen LogP) is 3.05. The molecule has 0 aromatic heterocycles. The maximum Gasteiger partial charge on any atom is 0.220 e. The molecule has 1 saturated heterocycles. The number of carbonyl (C=O) groups is 1. The molecule has 1 saturated carbocycles. The second-order valence-electron chi connectivity index (χ2n) is 6.31. The molecule has 1 amide bonds. The van der Waals surface area contributed by atoms with Crippen LogP contribution in [0.1, 0.15) is 44.1 Å². The number of benzene rings is 1. The first-order valence-corrected chi connectivity index (χ1v) is 8.40. The average molecular weight is 303 g/mol. The zero-order chi connectivity index (χ0) is 15.2. The fraction of sp³-hybridized carbons (Fsp3) is 0.611. The van der Waals surface area contributed by atoms with E-state index in [0.29, 0.717) is 13.0 Å². The molecule has 4 nitrogen and oxygen atoms in total. The molecule has 120 valence electrons. The minimum atomic E-state index is 0.0903. The van der Waals surface area contributed by atoms with Crippen LogP contribution in [0.2, 0.25) is 0 Å². The molecule has 2 fully saturated rings. The molecule has 4 heteroatoms. The lowest BCUT2D eigenvalue weighted by Gasteiger charge is -2.13. The molecule has 22 heavy (non-hydrogen) atoms. The normalized spacial score (nSPS) is 20.8. The van der Waals surface area contributed by atoms with Gasteiger partial charge in [-0.15, -0.1) is 0 Å². The molecule has 0 radical (unpaired) electrons. The van der Waals surface area contributed by atoms with Gasteiger partial charge in [0.1, 0.15) is 5.75 Å². The second-order valence-corrected chi connectivity index (χ2v) is 6.31. The lowest BCUT2D eigenvalue weighted by molar-refractivity contribution is -0.121. The summed E-state index contributed by atoms with van der Waals surface area (Å²) in [6, 6.07) is 7.96. The van der Waals surface area contributed by atoms with Crippen molar-refractivity contribution in [3.8, 4) is 5.75 Å². The van der Waals surface area contributed by atoms with E-state index in [4.69, 9.17) is 9.47 Å². The van der Waals surface area contributed by atoms with Gasteiger partial charge < -0.3 is 14.8 Å². The Morgan fingerprint density at radius 2 is 2.14 bits per heavy atom. The van der Waals surface area contributed by atoms with Crippen LogP contribution in [-0.2, 0) is 16.1 Å². The molecule has 3 rings (SSSR count). The Kier molecular flexibility index (Phi) is 5.33. The predicted molar refractivity (Wildman–Crippen MR) is 84.7 cm³/mol. The minimum absolute atomic E-state index is 0.0903. The smallest absolute Gasteiger partial charge is 0.220 e. The van der Waals surface area contributed by atoms with Gasteiger partial charge in [-0.1, -0.05) is 18.2 Å². The van der Waals surface area contributed by atoms with Gasteiger partial charge in [0, 0.05) is 25.1 Å². The fourth-order valence-electron chi connectivity index (χ4n) is 2.73. The lowest BCUT2D eigenvalue weighted by Crippen LogP contribution is -2.24. The quantitative estimate of drug-likeness (QED) is 0.803. The molecule has 0 bridgehead atoms. The standard InChI is InChI=1S/C18H25NO3/c20-18(10-9-16-5-3-11-21-16)19-12-15-4-1-2-6-17(15)22-13-14-7-8-14/h1-2,4,6,14,16H,3,5,7-13H2,(H,19,20)/t16-/m0/s1. The van der Waals surface area contributed by atoms with E-state index in [2.05, 4.69) is 5.32 Å². The van der Waals surface area contributed by atoms with Crippen molar-refractivity contribution in [1.29, 1.82) is 0 Å². The SMILES string of the molecule is O=C(CC[C@@H]1CCCO1)NCc1ccccc1OCC1CC1. The third-order valence-electron chi connectivity index (χ3n) is 4.34. The van der Waals surface area contributed by atoms with Crippen LogP contribution in [0.25, 0.3) is 0 Å². The highest BCUT2D eigenvalue weighted by Gasteiger charge is 2.22. The van der Waals surface area contributed by atoms with Crippen molar-refractivity contribution in [2.24, 2.45) is 5.92 Å². The number of para-hydroxylation sites is 1. The monoisotopic (exact) mass is 303 g/mol. The Morgan fingerprint density at radius 1 is 1.27 bits per heavy atom. The number of hydrogen-bond donors (Lipinski definition) is 1. The maximum atomic E-state index is 12.0. The topological polar surface area (TPSA) is 47.6 Å². The van der Waals surface area contributed by atoms with Crippen molar-refractivity contribution < 1.29 is 14.3 Å². The Balaban J connectivity index is 1.42. The minimum Gasteiger partial charge on any atom is -0.493 e. The summed E-state index contributed by atoms with van der Waals surface area (Å²) in [5.74, 6) is 1.72. The largest absolute Gasteiger partial charge is 0.493 e. The molecule has 0 unspecified atom stereocenters. The lowest BCUT2D eigenvalue weighted by atomic mass is 10.1. The van der Waals surface area contributed by atoms with Gasteiger partial charge in [0.15, 0.2) is 0 Å². The van der Waals surface area contributed by atoms with Crippen molar-refractivity contribution >= 4 is 5.91 Å². The van der Waals surface area contributed by atoms with Crippen LogP contribution < -0.4 is 10.1 Å². The summed E-state index contributed by atoms with van der Waals surface area (Å²) in [5, 5.41) is 2.99. The molecule has 1 aromatic carbocycles. The van der Waals surface area contributed by atoms with Gasteiger partial charge in [-0.3, -0.25) is 4.79 Å². The highest BCUT2D eigenvalue weighted by molar-refractivity contribution is 5.75. The first kappa shape index (κ1) is 15.3. The van der Waals surface area contributed by atoms with E-state index in [1.807, 2.05) is 24.3 Å². The van der Waals surface area contributed by atoms with Crippen LogP contribution in [0.4, 0.5) is 0 Å². The van der Waals surface area contributed by atoms with Crippen molar-refractivity contribution in [1.82, 2.24) is 5.32 Å². The van der Waals surface area contributed by atoms with Crippen LogP contribution in [0.5, 0.6) is 5.75 Å². The summed E-state index contributed by atoms with van der Waals surface area (Å²) >= 11 is 0. The Hall–Kier alpha value is -1.55. The third-order valence-corrected chi connectivity index (χ3v) is 4.34. The van der Waals surface area contributed by atoms with Crippen molar-refractivity contribution in [3.05, 3.63) is 29.8 Å². The Labute approximate surface area is 132 Å². The number of ether oxygens (including phenoxy) is 2. The molecular weight excluding hydrogens is 278 g/mol. The van der Waals surface area contributed by atoms with Crippen LogP contribution in [0.3, 0.4) is 0 Å². The number of rotatable bonds is 8. The zero-order valence-electron chi connectivity index (χ0n) is 13.1. The van der Waals surface area contributed by atoms with Gasteiger partial charge in [0.05, 0.1) is 12.7 Å². The summed E-state index contributed by atoms with van der Waals surface area (Å²) < 4.78 is 11.4. The molecule has 0 spiro atoms. The molecule has 1 N–H and O–H groups in total. The Bertz CT molecular complexity index is 493. The molecule has 1 aliphatic carbocycles. The van der Waals surface area contributed by atoms with E-state index >= 15 is 0 Å². The van der Waals surface area contributed by atoms with E-state index in [1.54, 1.807) is 0 Å². The van der Waals surface area contributed by atoms with Gasteiger partial charge in [-0.2, -0.15) is 0 Å². The van der Waals surface area contributed by atoms with Crippen molar-refractivity contribution in [2.45, 2.75) is 51.2 Å². The van der Waals surface area contributed by atoms with Gasteiger partial charge in [-0.05, 0) is 44.1 Å². The summed E-state index contributed by atoms with van der Waals surface area (Å²) in [4.78, 5) is 12.0.